The zero-order valence-corrected chi connectivity index (χ0v) is 16.4. The molecule has 0 aliphatic rings. The first kappa shape index (κ1) is 27.1. The van der Waals surface area contributed by atoms with E-state index in [0.717, 1.165) is 12.8 Å². The van der Waals surface area contributed by atoms with Gasteiger partial charge in [-0.05, 0) is 20.3 Å². The molecule has 0 aromatic heterocycles. The molecule has 0 spiro atoms. The molecule has 1 amide bonds. The largest absolute Gasteiger partial charge is 0.481 e. The van der Waals surface area contributed by atoms with Crippen molar-refractivity contribution < 1.29 is 39.2 Å². The second-order valence-electron chi connectivity index (χ2n) is 6.10. The number of carbonyl (C=O) groups is 4. The summed E-state index contributed by atoms with van der Waals surface area (Å²) < 4.78 is 4.28. The van der Waals surface area contributed by atoms with E-state index in [9.17, 15) is 19.2 Å². The lowest BCUT2D eigenvalue weighted by atomic mass is 10.1. The first-order chi connectivity index (χ1) is 12.6. The summed E-state index contributed by atoms with van der Waals surface area (Å²) in [5.74, 6) is -3.25. The summed E-state index contributed by atoms with van der Waals surface area (Å²) in [5, 5.41) is 27.9. The SMILES string of the molecule is CC(O)C(=O)OC(C)C(=O)O.CCCCCCCCNC(=O)CCC(=O)O. The van der Waals surface area contributed by atoms with Crippen LogP contribution in [0.1, 0.15) is 72.1 Å². The lowest BCUT2D eigenvalue weighted by Gasteiger charge is -2.09. The van der Waals surface area contributed by atoms with Crippen molar-refractivity contribution in [2.24, 2.45) is 0 Å². The molecule has 0 fully saturated rings. The van der Waals surface area contributed by atoms with Crippen LogP contribution in [0.15, 0.2) is 0 Å². The van der Waals surface area contributed by atoms with Crippen LogP contribution in [0.2, 0.25) is 0 Å². The lowest BCUT2D eigenvalue weighted by Crippen LogP contribution is -2.29. The Morgan fingerprint density at radius 3 is 1.96 bits per heavy atom. The number of carboxylic acids is 2. The van der Waals surface area contributed by atoms with Crippen LogP contribution in [0, 0.1) is 0 Å². The Kier molecular flexibility index (Phi) is 17.3. The summed E-state index contributed by atoms with van der Waals surface area (Å²) >= 11 is 0. The quantitative estimate of drug-likeness (QED) is 0.274. The number of hydrogen-bond acceptors (Lipinski definition) is 6. The highest BCUT2D eigenvalue weighted by atomic mass is 16.6. The monoisotopic (exact) mass is 391 g/mol. The molecule has 2 unspecified atom stereocenters. The number of unbranched alkanes of at least 4 members (excludes halogenated alkanes) is 5. The number of aliphatic hydroxyl groups excluding tert-OH is 1. The van der Waals surface area contributed by atoms with Gasteiger partial charge >= 0.3 is 17.9 Å². The highest BCUT2D eigenvalue weighted by Crippen LogP contribution is 2.04. The number of amides is 1. The first-order valence-electron chi connectivity index (χ1n) is 9.21. The van der Waals surface area contributed by atoms with E-state index in [0.29, 0.717) is 6.54 Å². The Labute approximate surface area is 160 Å². The molecular formula is C18H33NO8. The van der Waals surface area contributed by atoms with Crippen LogP contribution in [-0.4, -0.2) is 57.9 Å². The highest BCUT2D eigenvalue weighted by Gasteiger charge is 2.19. The second-order valence-corrected chi connectivity index (χ2v) is 6.10. The summed E-state index contributed by atoms with van der Waals surface area (Å²) in [7, 11) is 0. The van der Waals surface area contributed by atoms with Gasteiger partial charge in [-0.1, -0.05) is 39.0 Å². The second kappa shape index (κ2) is 17.3. The van der Waals surface area contributed by atoms with Crippen molar-refractivity contribution in [2.45, 2.75) is 84.3 Å². The summed E-state index contributed by atoms with van der Waals surface area (Å²) in [6, 6.07) is 0. The summed E-state index contributed by atoms with van der Waals surface area (Å²) in [4.78, 5) is 41.9. The van der Waals surface area contributed by atoms with Crippen LogP contribution in [0.3, 0.4) is 0 Å². The molecule has 0 aromatic rings. The van der Waals surface area contributed by atoms with Crippen molar-refractivity contribution in [3.05, 3.63) is 0 Å². The van der Waals surface area contributed by atoms with Gasteiger partial charge in [0.2, 0.25) is 5.91 Å². The minimum absolute atomic E-state index is 0.0810. The maximum absolute atomic E-state index is 11.1. The fraction of sp³-hybridized carbons (Fsp3) is 0.778. The van der Waals surface area contributed by atoms with E-state index in [1.807, 2.05) is 0 Å². The zero-order chi connectivity index (χ0) is 21.2. The van der Waals surface area contributed by atoms with Gasteiger partial charge in [-0.3, -0.25) is 9.59 Å². The van der Waals surface area contributed by atoms with Gasteiger partial charge in [0.05, 0.1) is 6.42 Å². The van der Waals surface area contributed by atoms with Gasteiger partial charge in [-0.15, -0.1) is 0 Å². The van der Waals surface area contributed by atoms with Gasteiger partial charge in [0.25, 0.3) is 0 Å². The molecule has 0 aliphatic heterocycles. The minimum atomic E-state index is -1.28. The molecule has 0 saturated carbocycles. The van der Waals surface area contributed by atoms with Crippen molar-refractivity contribution in [2.75, 3.05) is 6.54 Å². The number of hydrogen-bond donors (Lipinski definition) is 4. The molecule has 0 radical (unpaired) electrons. The number of aliphatic hydroxyl groups is 1. The lowest BCUT2D eigenvalue weighted by molar-refractivity contribution is -0.168. The van der Waals surface area contributed by atoms with Gasteiger partial charge in [-0.2, -0.15) is 0 Å². The number of rotatable bonds is 13. The Morgan fingerprint density at radius 2 is 1.48 bits per heavy atom. The molecule has 9 nitrogen and oxygen atoms in total. The van der Waals surface area contributed by atoms with E-state index in [-0.39, 0.29) is 18.7 Å². The van der Waals surface area contributed by atoms with E-state index in [1.165, 1.54) is 39.5 Å². The third-order valence-corrected chi connectivity index (χ3v) is 3.40. The Bertz CT molecular complexity index is 451. The highest BCUT2D eigenvalue weighted by molar-refractivity contribution is 5.80. The van der Waals surface area contributed by atoms with Gasteiger partial charge in [0.15, 0.2) is 6.10 Å². The van der Waals surface area contributed by atoms with E-state index >= 15 is 0 Å². The molecule has 2 atom stereocenters. The van der Waals surface area contributed by atoms with Crippen molar-refractivity contribution in [1.29, 1.82) is 0 Å². The predicted octanol–water partition coefficient (Wildman–Crippen LogP) is 1.71. The molecule has 9 heteroatoms. The summed E-state index contributed by atoms with van der Waals surface area (Å²) in [5.41, 5.74) is 0. The summed E-state index contributed by atoms with van der Waals surface area (Å²) in [6.45, 7) is 5.27. The molecule has 158 valence electrons. The van der Waals surface area contributed by atoms with Crippen LogP contribution >= 0.6 is 0 Å². The zero-order valence-electron chi connectivity index (χ0n) is 16.4. The number of nitrogens with one attached hydrogen (secondary N) is 1. The van der Waals surface area contributed by atoms with Gasteiger partial charge < -0.3 is 25.4 Å². The average molecular weight is 391 g/mol. The van der Waals surface area contributed by atoms with Crippen LogP contribution in [0.4, 0.5) is 0 Å². The number of carboxylic acid groups (broad SMARTS) is 2. The molecule has 0 rings (SSSR count). The van der Waals surface area contributed by atoms with E-state index in [1.54, 1.807) is 0 Å². The number of esters is 1. The van der Waals surface area contributed by atoms with Crippen LogP contribution in [0.5, 0.6) is 0 Å². The fourth-order valence-corrected chi connectivity index (χ4v) is 1.77. The molecule has 0 bridgehead atoms. The Morgan fingerprint density at radius 1 is 0.926 bits per heavy atom. The van der Waals surface area contributed by atoms with Crippen molar-refractivity contribution in [3.8, 4) is 0 Å². The van der Waals surface area contributed by atoms with E-state index < -0.39 is 30.1 Å². The van der Waals surface area contributed by atoms with E-state index in [2.05, 4.69) is 17.0 Å². The van der Waals surface area contributed by atoms with Crippen LogP contribution in [-0.2, 0) is 23.9 Å². The Balaban J connectivity index is 0. The van der Waals surface area contributed by atoms with E-state index in [4.69, 9.17) is 15.3 Å². The van der Waals surface area contributed by atoms with Crippen LogP contribution < -0.4 is 5.32 Å². The molecule has 0 aromatic carbocycles. The van der Waals surface area contributed by atoms with Gasteiger partial charge in [0.1, 0.15) is 6.10 Å². The minimum Gasteiger partial charge on any atom is -0.481 e. The molecule has 27 heavy (non-hydrogen) atoms. The van der Waals surface area contributed by atoms with Gasteiger partial charge in [0, 0.05) is 13.0 Å². The number of ether oxygens (including phenoxy) is 1. The fourth-order valence-electron chi connectivity index (χ4n) is 1.77. The number of aliphatic carboxylic acids is 2. The first-order valence-corrected chi connectivity index (χ1v) is 9.21. The molecule has 4 N–H and O–H groups in total. The predicted molar refractivity (Wildman–Crippen MR) is 98.1 cm³/mol. The molecule has 0 saturated heterocycles. The molecular weight excluding hydrogens is 358 g/mol. The van der Waals surface area contributed by atoms with Crippen molar-refractivity contribution >= 4 is 23.8 Å². The van der Waals surface area contributed by atoms with Crippen LogP contribution in [0.25, 0.3) is 0 Å². The third-order valence-electron chi connectivity index (χ3n) is 3.40. The smallest absolute Gasteiger partial charge is 0.344 e. The average Bonchev–Trinajstić information content (AvgIpc) is 2.59. The number of carbonyl (C=O) groups excluding carboxylic acids is 2. The van der Waals surface area contributed by atoms with Crippen molar-refractivity contribution in [3.63, 3.8) is 0 Å². The van der Waals surface area contributed by atoms with Gasteiger partial charge in [-0.25, -0.2) is 9.59 Å². The topological polar surface area (TPSA) is 150 Å². The maximum atomic E-state index is 11.1. The Hall–Kier alpha value is -2.16. The summed E-state index contributed by atoms with van der Waals surface area (Å²) in [6.07, 6.45) is 4.66. The maximum Gasteiger partial charge on any atom is 0.344 e. The molecule has 0 aliphatic carbocycles. The normalized spacial score (nSPS) is 12.1. The van der Waals surface area contributed by atoms with Crippen molar-refractivity contribution in [1.82, 2.24) is 5.32 Å². The standard InChI is InChI=1S/C12H23NO3.C6H10O5/c1-2-3-4-5-6-7-10-13-11(14)8-9-12(15)16;1-3(7)6(10)11-4(2)5(8)9/h2-10H2,1H3,(H,13,14)(H,15,16);3-4,7H,1-2H3,(H,8,9). The third kappa shape index (κ3) is 20.0. The molecule has 0 heterocycles.